The van der Waals surface area contributed by atoms with Gasteiger partial charge in [-0.25, -0.2) is 9.97 Å². The molecule has 0 fully saturated rings. The summed E-state index contributed by atoms with van der Waals surface area (Å²) in [7, 11) is 1.77. The van der Waals surface area contributed by atoms with E-state index in [2.05, 4.69) is 54.4 Å². The van der Waals surface area contributed by atoms with Gasteiger partial charge in [0.15, 0.2) is 5.96 Å². The molecular formula is C19H24N6S. The van der Waals surface area contributed by atoms with E-state index in [1.54, 1.807) is 18.4 Å². The van der Waals surface area contributed by atoms with Crippen molar-refractivity contribution < 1.29 is 0 Å². The van der Waals surface area contributed by atoms with Crippen LogP contribution in [0, 0.1) is 13.8 Å². The summed E-state index contributed by atoms with van der Waals surface area (Å²) >= 11 is 1.71. The van der Waals surface area contributed by atoms with Crippen LogP contribution in [0.5, 0.6) is 0 Å². The lowest BCUT2D eigenvalue weighted by atomic mass is 10.2. The Bertz CT molecular complexity index is 865. The van der Waals surface area contributed by atoms with E-state index in [-0.39, 0.29) is 0 Å². The monoisotopic (exact) mass is 368 g/mol. The summed E-state index contributed by atoms with van der Waals surface area (Å²) in [5.41, 5.74) is 2.33. The highest BCUT2D eigenvalue weighted by Gasteiger charge is 2.08. The number of aliphatic imine (C=N–C) groups is 1. The number of aryl methyl sites for hydroxylation is 2. The van der Waals surface area contributed by atoms with Gasteiger partial charge in [0.05, 0.1) is 23.8 Å². The molecule has 0 atom stereocenters. The largest absolute Gasteiger partial charge is 0.351 e. The fourth-order valence-electron chi connectivity index (χ4n) is 2.72. The van der Waals surface area contributed by atoms with Crippen molar-refractivity contribution >= 4 is 17.3 Å². The zero-order valence-electron chi connectivity index (χ0n) is 15.4. The summed E-state index contributed by atoms with van der Waals surface area (Å²) in [5.74, 6) is 1.73. The van der Waals surface area contributed by atoms with Crippen molar-refractivity contribution in [1.82, 2.24) is 25.2 Å². The molecular weight excluding hydrogens is 344 g/mol. The number of benzene rings is 1. The Hall–Kier alpha value is -2.67. The third kappa shape index (κ3) is 4.70. The molecule has 3 rings (SSSR count). The number of guanidine groups is 1. The smallest absolute Gasteiger partial charge is 0.191 e. The van der Waals surface area contributed by atoms with Gasteiger partial charge < -0.3 is 15.2 Å². The number of aromatic nitrogens is 3. The normalized spacial score (nSPS) is 11.6. The number of rotatable bonds is 6. The van der Waals surface area contributed by atoms with Gasteiger partial charge in [-0.05, 0) is 19.4 Å². The molecule has 0 amide bonds. The van der Waals surface area contributed by atoms with Crippen molar-refractivity contribution in [3.05, 3.63) is 69.7 Å². The SMILES string of the molecule is CN=C(NCc1sc(C)nc1C)NCc1nccn1Cc1ccccc1. The Morgan fingerprint density at radius 1 is 1.15 bits per heavy atom. The lowest BCUT2D eigenvalue weighted by molar-refractivity contribution is 0.688. The highest BCUT2D eigenvalue weighted by atomic mass is 32.1. The Labute approximate surface area is 158 Å². The van der Waals surface area contributed by atoms with Crippen LogP contribution in [0.2, 0.25) is 0 Å². The molecule has 3 aromatic rings. The van der Waals surface area contributed by atoms with Crippen LogP contribution in [-0.2, 0) is 19.6 Å². The van der Waals surface area contributed by atoms with E-state index in [0.29, 0.717) is 6.54 Å². The van der Waals surface area contributed by atoms with Gasteiger partial charge in [0, 0.05) is 30.9 Å². The van der Waals surface area contributed by atoms with E-state index in [1.807, 2.05) is 32.3 Å². The highest BCUT2D eigenvalue weighted by Crippen LogP contribution is 2.16. The molecule has 0 radical (unpaired) electrons. The Morgan fingerprint density at radius 3 is 2.62 bits per heavy atom. The van der Waals surface area contributed by atoms with Crippen LogP contribution < -0.4 is 10.6 Å². The van der Waals surface area contributed by atoms with Crippen LogP contribution in [0.25, 0.3) is 0 Å². The van der Waals surface area contributed by atoms with E-state index in [0.717, 1.165) is 35.6 Å². The Morgan fingerprint density at radius 2 is 1.92 bits per heavy atom. The van der Waals surface area contributed by atoms with E-state index >= 15 is 0 Å². The van der Waals surface area contributed by atoms with Crippen molar-refractivity contribution in [3.8, 4) is 0 Å². The fourth-order valence-corrected chi connectivity index (χ4v) is 3.59. The number of hydrogen-bond acceptors (Lipinski definition) is 4. The van der Waals surface area contributed by atoms with Gasteiger partial charge in [0.1, 0.15) is 5.82 Å². The van der Waals surface area contributed by atoms with E-state index < -0.39 is 0 Å². The first-order valence-corrected chi connectivity index (χ1v) is 9.38. The molecule has 2 aromatic heterocycles. The van der Waals surface area contributed by atoms with E-state index in [9.17, 15) is 0 Å². The topological polar surface area (TPSA) is 67.1 Å². The maximum atomic E-state index is 4.46. The second-order valence-corrected chi connectivity index (χ2v) is 7.27. The molecule has 6 nitrogen and oxygen atoms in total. The lowest BCUT2D eigenvalue weighted by Gasteiger charge is -2.13. The molecule has 0 saturated carbocycles. The summed E-state index contributed by atoms with van der Waals surface area (Å²) in [6, 6.07) is 10.4. The Balaban J connectivity index is 1.56. The molecule has 26 heavy (non-hydrogen) atoms. The standard InChI is InChI=1S/C19H24N6S/c1-14-17(26-15(2)24-14)11-22-19(20-3)23-12-18-21-9-10-25(18)13-16-7-5-4-6-8-16/h4-10H,11-13H2,1-3H3,(H2,20,22,23). The average Bonchev–Trinajstić information content (AvgIpc) is 3.21. The third-order valence-electron chi connectivity index (χ3n) is 4.05. The molecule has 7 heteroatoms. The molecule has 0 unspecified atom stereocenters. The van der Waals surface area contributed by atoms with Crippen LogP contribution in [0.3, 0.4) is 0 Å². The van der Waals surface area contributed by atoms with Gasteiger partial charge in [-0.1, -0.05) is 30.3 Å². The number of nitrogens with one attached hydrogen (secondary N) is 2. The minimum Gasteiger partial charge on any atom is -0.351 e. The summed E-state index contributed by atoms with van der Waals surface area (Å²) < 4.78 is 2.15. The maximum absolute atomic E-state index is 4.46. The third-order valence-corrected chi connectivity index (χ3v) is 5.12. The summed E-state index contributed by atoms with van der Waals surface area (Å²) in [5, 5.41) is 7.77. The van der Waals surface area contributed by atoms with Crippen molar-refractivity contribution in [1.29, 1.82) is 0 Å². The molecule has 2 heterocycles. The predicted octanol–water partition coefficient (Wildman–Crippen LogP) is 2.87. The van der Waals surface area contributed by atoms with Crippen molar-refractivity contribution in [3.63, 3.8) is 0 Å². The second kappa shape index (κ2) is 8.62. The lowest BCUT2D eigenvalue weighted by Crippen LogP contribution is -2.37. The van der Waals surface area contributed by atoms with Gasteiger partial charge in [-0.15, -0.1) is 11.3 Å². The first kappa shape index (κ1) is 18.1. The summed E-state index contributed by atoms with van der Waals surface area (Å²) in [6.45, 7) is 6.21. The molecule has 2 N–H and O–H groups in total. The van der Waals surface area contributed by atoms with Crippen molar-refractivity contribution in [2.24, 2.45) is 4.99 Å². The zero-order chi connectivity index (χ0) is 18.4. The van der Waals surface area contributed by atoms with Gasteiger partial charge in [-0.3, -0.25) is 4.99 Å². The van der Waals surface area contributed by atoms with Gasteiger partial charge >= 0.3 is 0 Å². The highest BCUT2D eigenvalue weighted by molar-refractivity contribution is 7.11. The predicted molar refractivity (Wildman–Crippen MR) is 106 cm³/mol. The molecule has 0 saturated heterocycles. The van der Waals surface area contributed by atoms with Crippen molar-refractivity contribution in [2.75, 3.05) is 7.05 Å². The molecule has 0 aliphatic heterocycles. The summed E-state index contributed by atoms with van der Waals surface area (Å²) in [6.07, 6.45) is 3.84. The fraction of sp³-hybridized carbons (Fsp3) is 0.316. The maximum Gasteiger partial charge on any atom is 0.191 e. The van der Waals surface area contributed by atoms with Crippen LogP contribution in [0.15, 0.2) is 47.7 Å². The average molecular weight is 369 g/mol. The van der Waals surface area contributed by atoms with Crippen molar-refractivity contribution in [2.45, 2.75) is 33.5 Å². The van der Waals surface area contributed by atoms with Gasteiger partial charge in [-0.2, -0.15) is 0 Å². The number of nitrogens with zero attached hydrogens (tertiary/aromatic N) is 4. The van der Waals surface area contributed by atoms with E-state index in [4.69, 9.17) is 0 Å². The number of imidazole rings is 1. The number of hydrogen-bond donors (Lipinski definition) is 2. The molecule has 0 spiro atoms. The van der Waals surface area contributed by atoms with Crippen LogP contribution in [0.4, 0.5) is 0 Å². The molecule has 0 aliphatic rings. The first-order chi connectivity index (χ1) is 12.7. The van der Waals surface area contributed by atoms with E-state index in [1.165, 1.54) is 10.4 Å². The quantitative estimate of drug-likeness (QED) is 0.519. The number of thiazole rings is 1. The second-order valence-electron chi connectivity index (χ2n) is 5.98. The molecule has 1 aromatic carbocycles. The molecule has 0 aliphatic carbocycles. The minimum atomic E-state index is 0.611. The zero-order valence-corrected chi connectivity index (χ0v) is 16.2. The first-order valence-electron chi connectivity index (χ1n) is 8.57. The molecule has 136 valence electrons. The van der Waals surface area contributed by atoms with Crippen LogP contribution in [0.1, 0.15) is 27.0 Å². The Kier molecular flexibility index (Phi) is 6.01. The van der Waals surface area contributed by atoms with Crippen LogP contribution in [-0.4, -0.2) is 27.5 Å². The van der Waals surface area contributed by atoms with Gasteiger partial charge in [0.2, 0.25) is 0 Å². The summed E-state index contributed by atoms with van der Waals surface area (Å²) in [4.78, 5) is 14.4. The molecule has 0 bridgehead atoms. The van der Waals surface area contributed by atoms with Gasteiger partial charge in [0.25, 0.3) is 0 Å². The minimum absolute atomic E-state index is 0.611. The van der Waals surface area contributed by atoms with Crippen LogP contribution >= 0.6 is 11.3 Å².